The molecule has 0 spiro atoms. The summed E-state index contributed by atoms with van der Waals surface area (Å²) >= 11 is 13.2. The Morgan fingerprint density at radius 3 is 2.58 bits per heavy atom. The maximum Gasteiger partial charge on any atom is 0.288 e. The maximum atomic E-state index is 12.6. The summed E-state index contributed by atoms with van der Waals surface area (Å²) in [5, 5.41) is 15.1. The maximum absolute atomic E-state index is 12.6. The second-order valence-corrected chi connectivity index (χ2v) is 6.77. The van der Waals surface area contributed by atoms with Gasteiger partial charge in [-0.05, 0) is 29.8 Å². The van der Waals surface area contributed by atoms with Crippen molar-refractivity contribution in [2.45, 2.75) is 10.6 Å². The minimum Gasteiger partial charge on any atom is -0.505 e. The Kier molecular flexibility index (Phi) is 5.14. The lowest BCUT2D eigenvalue weighted by atomic mass is 10.2. The third kappa shape index (κ3) is 3.59. The van der Waals surface area contributed by atoms with Crippen molar-refractivity contribution in [3.63, 3.8) is 0 Å². The number of aromatic nitrogens is 2. The van der Waals surface area contributed by atoms with Crippen LogP contribution in [0.25, 0.3) is 5.69 Å². The highest BCUT2D eigenvalue weighted by Crippen LogP contribution is 2.30. The van der Waals surface area contributed by atoms with Crippen LogP contribution in [0, 0.1) is 0 Å². The molecule has 0 fully saturated rings. The lowest BCUT2D eigenvalue weighted by Crippen LogP contribution is -2.22. The number of nitrogens with zero attached hydrogens (tertiary/aromatic N) is 2. The van der Waals surface area contributed by atoms with Crippen LogP contribution in [-0.2, 0) is 5.75 Å². The monoisotopic (exact) mass is 378 g/mol. The minimum atomic E-state index is -0.378. The molecule has 0 bridgehead atoms. The van der Waals surface area contributed by atoms with Crippen LogP contribution in [0.3, 0.4) is 0 Å². The van der Waals surface area contributed by atoms with E-state index in [4.69, 9.17) is 23.2 Å². The number of hydrogen-bond donors (Lipinski definition) is 1. The van der Waals surface area contributed by atoms with Crippen molar-refractivity contribution >= 4 is 35.0 Å². The number of benzene rings is 2. The summed E-state index contributed by atoms with van der Waals surface area (Å²) in [6, 6.07) is 14.2. The van der Waals surface area contributed by atoms with Crippen LogP contribution in [0.2, 0.25) is 10.0 Å². The molecule has 7 heteroatoms. The topological polar surface area (TPSA) is 55.1 Å². The second-order valence-electron chi connectivity index (χ2n) is 4.94. The molecule has 3 aromatic rings. The molecule has 0 aliphatic rings. The Hall–Kier alpha value is -1.95. The average Bonchev–Trinajstić information content (AvgIpc) is 2.57. The summed E-state index contributed by atoms with van der Waals surface area (Å²) in [7, 11) is 0. The Balaban J connectivity index is 1.92. The van der Waals surface area contributed by atoms with Crippen molar-refractivity contribution in [3.8, 4) is 11.4 Å². The Morgan fingerprint density at radius 2 is 1.88 bits per heavy atom. The number of halogens is 2. The van der Waals surface area contributed by atoms with Gasteiger partial charge in [0, 0.05) is 15.8 Å². The van der Waals surface area contributed by atoms with Gasteiger partial charge >= 0.3 is 0 Å². The normalized spacial score (nSPS) is 10.8. The van der Waals surface area contributed by atoms with Gasteiger partial charge in [0.1, 0.15) is 4.90 Å². The molecule has 0 atom stereocenters. The Labute approximate surface area is 152 Å². The lowest BCUT2D eigenvalue weighted by molar-refractivity contribution is 0.451. The first-order valence-corrected chi connectivity index (χ1v) is 8.74. The van der Waals surface area contributed by atoms with Gasteiger partial charge in [-0.3, -0.25) is 4.79 Å². The number of rotatable bonds is 4. The molecule has 0 saturated heterocycles. The number of para-hydroxylation sites is 1. The van der Waals surface area contributed by atoms with Gasteiger partial charge in [-0.25, -0.2) is 0 Å². The SMILES string of the molecule is O=c1c(SCc2ccc(Cl)cc2Cl)c(O)cnn1-c1ccccc1. The smallest absolute Gasteiger partial charge is 0.288 e. The van der Waals surface area contributed by atoms with Gasteiger partial charge in [0.2, 0.25) is 0 Å². The van der Waals surface area contributed by atoms with Crippen molar-refractivity contribution in [2.24, 2.45) is 0 Å². The van der Waals surface area contributed by atoms with E-state index in [0.717, 1.165) is 5.56 Å². The fourth-order valence-corrected chi connectivity index (χ4v) is 3.62. The Morgan fingerprint density at radius 1 is 1.12 bits per heavy atom. The fourth-order valence-electron chi connectivity index (χ4n) is 2.11. The molecular weight excluding hydrogens is 367 g/mol. The van der Waals surface area contributed by atoms with E-state index < -0.39 is 0 Å². The summed E-state index contributed by atoms with van der Waals surface area (Å²) in [5.41, 5.74) is 1.08. The molecule has 24 heavy (non-hydrogen) atoms. The number of aromatic hydroxyl groups is 1. The van der Waals surface area contributed by atoms with Gasteiger partial charge in [-0.2, -0.15) is 9.78 Å². The lowest BCUT2D eigenvalue weighted by Gasteiger charge is -2.09. The van der Waals surface area contributed by atoms with Crippen molar-refractivity contribution in [2.75, 3.05) is 0 Å². The molecule has 4 nitrogen and oxygen atoms in total. The van der Waals surface area contributed by atoms with Gasteiger partial charge < -0.3 is 5.11 Å². The van der Waals surface area contributed by atoms with E-state index in [1.165, 1.54) is 22.6 Å². The van der Waals surface area contributed by atoms with Gasteiger partial charge in [-0.1, -0.05) is 47.5 Å². The molecule has 0 aliphatic heterocycles. The van der Waals surface area contributed by atoms with Crippen LogP contribution in [-0.4, -0.2) is 14.9 Å². The zero-order valence-electron chi connectivity index (χ0n) is 12.3. The van der Waals surface area contributed by atoms with Crippen LogP contribution in [0.5, 0.6) is 5.75 Å². The fraction of sp³-hybridized carbons (Fsp3) is 0.0588. The third-order valence-corrected chi connectivity index (χ3v) is 5.02. The molecule has 0 aliphatic carbocycles. The summed E-state index contributed by atoms with van der Waals surface area (Å²) < 4.78 is 1.26. The van der Waals surface area contributed by atoms with Crippen molar-refractivity contribution in [3.05, 3.63) is 80.7 Å². The molecule has 0 saturated carbocycles. The summed E-state index contributed by atoms with van der Waals surface area (Å²) in [4.78, 5) is 12.8. The van der Waals surface area contributed by atoms with E-state index in [0.29, 0.717) is 21.5 Å². The van der Waals surface area contributed by atoms with Gasteiger partial charge in [0.15, 0.2) is 5.75 Å². The first-order chi connectivity index (χ1) is 11.6. The molecule has 1 N–H and O–H groups in total. The molecule has 0 unspecified atom stereocenters. The summed E-state index contributed by atoms with van der Waals surface area (Å²) in [5.74, 6) is 0.278. The first-order valence-electron chi connectivity index (χ1n) is 6.99. The zero-order valence-corrected chi connectivity index (χ0v) is 14.6. The van der Waals surface area contributed by atoms with Crippen LogP contribution in [0.4, 0.5) is 0 Å². The largest absolute Gasteiger partial charge is 0.505 e. The Bertz CT molecular complexity index is 930. The van der Waals surface area contributed by atoms with Crippen molar-refractivity contribution < 1.29 is 5.11 Å². The summed E-state index contributed by atoms with van der Waals surface area (Å²) in [6.07, 6.45) is 1.26. The molecule has 0 amide bonds. The van der Waals surface area contributed by atoms with Gasteiger partial charge in [0.25, 0.3) is 5.56 Å². The predicted molar refractivity (Wildman–Crippen MR) is 97.5 cm³/mol. The van der Waals surface area contributed by atoms with E-state index in [9.17, 15) is 9.90 Å². The van der Waals surface area contributed by atoms with Gasteiger partial charge in [0.05, 0.1) is 11.9 Å². The quantitative estimate of drug-likeness (QED) is 0.677. The zero-order chi connectivity index (χ0) is 17.1. The summed E-state index contributed by atoms with van der Waals surface area (Å²) in [6.45, 7) is 0. The molecule has 0 radical (unpaired) electrons. The number of hydrogen-bond acceptors (Lipinski definition) is 4. The van der Waals surface area contributed by atoms with Gasteiger partial charge in [-0.15, -0.1) is 11.8 Å². The highest BCUT2D eigenvalue weighted by Gasteiger charge is 2.13. The van der Waals surface area contributed by atoms with E-state index in [1.54, 1.807) is 30.3 Å². The standard InChI is InChI=1S/C17H12Cl2N2O2S/c18-12-7-6-11(14(19)8-12)10-24-16-15(22)9-20-21(17(16)23)13-4-2-1-3-5-13/h1-9,22H,10H2. The molecule has 3 rings (SSSR count). The van der Waals surface area contributed by atoms with Crippen molar-refractivity contribution in [1.29, 1.82) is 0 Å². The molecule has 122 valence electrons. The van der Waals surface area contributed by atoms with E-state index in [-0.39, 0.29) is 16.2 Å². The van der Waals surface area contributed by atoms with Crippen LogP contribution in [0.1, 0.15) is 5.56 Å². The predicted octanol–water partition coefficient (Wildman–Crippen LogP) is 4.54. The van der Waals surface area contributed by atoms with Crippen molar-refractivity contribution in [1.82, 2.24) is 9.78 Å². The minimum absolute atomic E-state index is 0.151. The highest BCUT2D eigenvalue weighted by atomic mass is 35.5. The second kappa shape index (κ2) is 7.30. The third-order valence-electron chi connectivity index (χ3n) is 3.30. The van der Waals surface area contributed by atoms with Crippen LogP contribution in [0.15, 0.2) is 64.4 Å². The van der Waals surface area contributed by atoms with E-state index in [1.807, 2.05) is 18.2 Å². The van der Waals surface area contributed by atoms with Crippen LogP contribution >= 0.6 is 35.0 Å². The highest BCUT2D eigenvalue weighted by molar-refractivity contribution is 7.98. The van der Waals surface area contributed by atoms with E-state index in [2.05, 4.69) is 5.10 Å². The molecule has 1 heterocycles. The first kappa shape index (κ1) is 16.9. The molecular formula is C17H12Cl2N2O2S. The number of thioether (sulfide) groups is 1. The average molecular weight is 379 g/mol. The molecule has 1 aromatic heterocycles. The van der Waals surface area contributed by atoms with E-state index >= 15 is 0 Å². The molecule has 2 aromatic carbocycles. The van der Waals surface area contributed by atoms with Crippen LogP contribution < -0.4 is 5.56 Å².